The second-order valence-corrected chi connectivity index (χ2v) is 6.51. The lowest BCUT2D eigenvalue weighted by Gasteiger charge is -2.09. The summed E-state index contributed by atoms with van der Waals surface area (Å²) in [6.45, 7) is 0.219. The first-order chi connectivity index (χ1) is 8.50. The van der Waals surface area contributed by atoms with E-state index >= 15 is 0 Å². The zero-order valence-corrected chi connectivity index (χ0v) is 11.6. The molecular weight excluding hydrogens is 292 g/mol. The molecule has 0 unspecified atom stereocenters. The van der Waals surface area contributed by atoms with Crippen LogP contribution in [0.15, 0.2) is 39.9 Å². The van der Waals surface area contributed by atoms with Crippen molar-refractivity contribution < 1.29 is 8.42 Å². The summed E-state index contributed by atoms with van der Waals surface area (Å²) in [5.41, 5.74) is 6.69. The number of hydrogen-bond acceptors (Lipinski definition) is 4. The second-order valence-electron chi connectivity index (χ2n) is 3.61. The Morgan fingerprint density at radius 2 is 2.11 bits per heavy atom. The number of nitrogens with two attached hydrogens (primary N) is 1. The minimum absolute atomic E-state index is 0.0677. The van der Waals surface area contributed by atoms with Gasteiger partial charge in [-0.05, 0) is 34.5 Å². The first-order valence-electron chi connectivity index (χ1n) is 5.05. The maximum Gasteiger partial charge on any atom is 0.244 e. The fourth-order valence-electron chi connectivity index (χ4n) is 1.45. The van der Waals surface area contributed by atoms with E-state index in [0.29, 0.717) is 0 Å². The van der Waals surface area contributed by atoms with Crippen molar-refractivity contribution in [3.05, 3.63) is 45.6 Å². The van der Waals surface area contributed by atoms with E-state index < -0.39 is 10.0 Å². The van der Waals surface area contributed by atoms with Gasteiger partial charge in [-0.2, -0.15) is 11.3 Å². The smallest absolute Gasteiger partial charge is 0.244 e. The zero-order valence-electron chi connectivity index (χ0n) is 9.26. The molecule has 96 valence electrons. The molecule has 3 N–H and O–H groups in total. The Morgan fingerprint density at radius 3 is 2.72 bits per heavy atom. The van der Waals surface area contributed by atoms with Crippen LogP contribution in [0.2, 0.25) is 5.02 Å². The van der Waals surface area contributed by atoms with Crippen molar-refractivity contribution in [1.82, 2.24) is 4.72 Å². The highest BCUT2D eigenvalue weighted by atomic mass is 35.5. The van der Waals surface area contributed by atoms with Crippen LogP contribution in [0.3, 0.4) is 0 Å². The van der Waals surface area contributed by atoms with E-state index in [1.54, 1.807) is 6.07 Å². The lowest BCUT2D eigenvalue weighted by molar-refractivity contribution is 0.582. The Balaban J connectivity index is 2.26. The van der Waals surface area contributed by atoms with Gasteiger partial charge in [0.15, 0.2) is 0 Å². The minimum Gasteiger partial charge on any atom is -0.398 e. The van der Waals surface area contributed by atoms with Crippen LogP contribution in [0.4, 0.5) is 5.69 Å². The number of halogens is 1. The van der Waals surface area contributed by atoms with Gasteiger partial charge in [-0.3, -0.25) is 0 Å². The Hall–Kier alpha value is -1.08. The summed E-state index contributed by atoms with van der Waals surface area (Å²) in [4.78, 5) is -0.0677. The molecule has 0 atom stereocenters. The molecule has 0 radical (unpaired) electrons. The maximum atomic E-state index is 12.1. The first-order valence-corrected chi connectivity index (χ1v) is 7.86. The standard InChI is InChI=1S/C11H11ClN2O2S2/c12-9-2-1-3-10(13)11(9)18(15,16)14-6-8-4-5-17-7-8/h1-5,7,14H,6,13H2. The highest BCUT2D eigenvalue weighted by Gasteiger charge is 2.20. The average molecular weight is 303 g/mol. The molecule has 2 aromatic rings. The Kier molecular flexibility index (Phi) is 3.91. The topological polar surface area (TPSA) is 72.2 Å². The third kappa shape index (κ3) is 2.84. The monoisotopic (exact) mass is 302 g/mol. The van der Waals surface area contributed by atoms with Gasteiger partial charge in [0.1, 0.15) is 4.90 Å². The summed E-state index contributed by atoms with van der Waals surface area (Å²) < 4.78 is 26.7. The third-order valence-corrected chi connectivity index (χ3v) is 4.99. The molecule has 0 saturated heterocycles. The van der Waals surface area contributed by atoms with Gasteiger partial charge < -0.3 is 5.73 Å². The van der Waals surface area contributed by atoms with Crippen molar-refractivity contribution >= 4 is 38.6 Å². The summed E-state index contributed by atoms with van der Waals surface area (Å²) in [5, 5.41) is 3.87. The molecule has 7 heteroatoms. The van der Waals surface area contributed by atoms with Crippen molar-refractivity contribution in [2.45, 2.75) is 11.4 Å². The van der Waals surface area contributed by atoms with Crippen LogP contribution >= 0.6 is 22.9 Å². The predicted octanol–water partition coefficient (Wildman–Crippen LogP) is 2.46. The van der Waals surface area contributed by atoms with Crippen molar-refractivity contribution in [1.29, 1.82) is 0 Å². The molecule has 1 aromatic heterocycles. The van der Waals surface area contributed by atoms with E-state index in [9.17, 15) is 8.42 Å². The van der Waals surface area contributed by atoms with Crippen molar-refractivity contribution in [2.24, 2.45) is 0 Å². The first kappa shape index (κ1) is 13.4. The van der Waals surface area contributed by atoms with E-state index in [1.165, 1.54) is 23.5 Å². The summed E-state index contributed by atoms with van der Waals surface area (Å²) in [5.74, 6) is 0. The molecule has 0 aliphatic heterocycles. The summed E-state index contributed by atoms with van der Waals surface area (Å²) in [6.07, 6.45) is 0. The SMILES string of the molecule is Nc1cccc(Cl)c1S(=O)(=O)NCc1ccsc1. The Morgan fingerprint density at radius 1 is 1.33 bits per heavy atom. The van der Waals surface area contributed by atoms with E-state index in [2.05, 4.69) is 4.72 Å². The fourth-order valence-corrected chi connectivity index (χ4v) is 3.81. The molecule has 1 heterocycles. The van der Waals surface area contributed by atoms with Crippen LogP contribution in [-0.4, -0.2) is 8.42 Å². The van der Waals surface area contributed by atoms with Gasteiger partial charge >= 0.3 is 0 Å². The molecule has 4 nitrogen and oxygen atoms in total. The van der Waals surface area contributed by atoms with Crippen LogP contribution in [0.5, 0.6) is 0 Å². The lowest BCUT2D eigenvalue weighted by Crippen LogP contribution is -2.24. The third-order valence-electron chi connectivity index (χ3n) is 2.31. The Labute approximate surface area is 114 Å². The van der Waals surface area contributed by atoms with Crippen molar-refractivity contribution in [3.8, 4) is 0 Å². The van der Waals surface area contributed by atoms with Crippen molar-refractivity contribution in [2.75, 3.05) is 5.73 Å². The van der Waals surface area contributed by atoms with E-state index in [1.807, 2.05) is 16.8 Å². The van der Waals surface area contributed by atoms with E-state index in [-0.39, 0.29) is 22.2 Å². The largest absolute Gasteiger partial charge is 0.398 e. The molecule has 0 spiro atoms. The normalized spacial score (nSPS) is 11.6. The molecule has 0 bridgehead atoms. The second kappa shape index (κ2) is 5.27. The average Bonchev–Trinajstić information content (AvgIpc) is 2.78. The van der Waals surface area contributed by atoms with Gasteiger partial charge in [0, 0.05) is 6.54 Å². The van der Waals surface area contributed by atoms with Crippen LogP contribution < -0.4 is 10.5 Å². The van der Waals surface area contributed by atoms with Crippen LogP contribution in [-0.2, 0) is 16.6 Å². The van der Waals surface area contributed by atoms with E-state index in [4.69, 9.17) is 17.3 Å². The molecule has 2 rings (SSSR count). The van der Waals surface area contributed by atoms with Crippen LogP contribution in [0, 0.1) is 0 Å². The van der Waals surface area contributed by atoms with Gasteiger partial charge in [-0.1, -0.05) is 17.7 Å². The molecule has 0 fully saturated rings. The molecular formula is C11H11ClN2O2S2. The maximum absolute atomic E-state index is 12.1. The number of thiophene rings is 1. The predicted molar refractivity (Wildman–Crippen MR) is 74.2 cm³/mol. The van der Waals surface area contributed by atoms with Crippen molar-refractivity contribution in [3.63, 3.8) is 0 Å². The number of nitrogen functional groups attached to an aromatic ring is 1. The molecule has 0 saturated carbocycles. The fraction of sp³-hybridized carbons (Fsp3) is 0.0909. The number of rotatable bonds is 4. The van der Waals surface area contributed by atoms with Gasteiger partial charge in [-0.25, -0.2) is 13.1 Å². The molecule has 0 aliphatic rings. The van der Waals surface area contributed by atoms with Gasteiger partial charge in [0.2, 0.25) is 10.0 Å². The van der Waals surface area contributed by atoms with Gasteiger partial charge in [0.25, 0.3) is 0 Å². The summed E-state index contributed by atoms with van der Waals surface area (Å²) >= 11 is 7.38. The van der Waals surface area contributed by atoms with Gasteiger partial charge in [0.05, 0.1) is 10.7 Å². The summed E-state index contributed by atoms with van der Waals surface area (Å²) in [6, 6.07) is 6.46. The van der Waals surface area contributed by atoms with Crippen LogP contribution in [0.1, 0.15) is 5.56 Å². The number of nitrogens with one attached hydrogen (secondary N) is 1. The molecule has 18 heavy (non-hydrogen) atoms. The number of hydrogen-bond donors (Lipinski definition) is 2. The molecule has 1 aromatic carbocycles. The number of benzene rings is 1. The summed E-state index contributed by atoms with van der Waals surface area (Å²) in [7, 11) is -3.70. The minimum atomic E-state index is -3.70. The van der Waals surface area contributed by atoms with Crippen LogP contribution in [0.25, 0.3) is 0 Å². The highest BCUT2D eigenvalue weighted by Crippen LogP contribution is 2.26. The van der Waals surface area contributed by atoms with E-state index in [0.717, 1.165) is 5.56 Å². The number of anilines is 1. The van der Waals surface area contributed by atoms with Gasteiger partial charge in [-0.15, -0.1) is 0 Å². The number of sulfonamides is 1. The Bertz CT molecular complexity index is 619. The quantitative estimate of drug-likeness (QED) is 0.852. The highest BCUT2D eigenvalue weighted by molar-refractivity contribution is 7.89. The molecule has 0 aliphatic carbocycles. The molecule has 0 amide bonds. The lowest BCUT2D eigenvalue weighted by atomic mass is 10.3. The zero-order chi connectivity index (χ0) is 13.2.